The van der Waals surface area contributed by atoms with Crippen molar-refractivity contribution >= 4 is 23.2 Å². The monoisotopic (exact) mass is 444 g/mol. The summed E-state index contributed by atoms with van der Waals surface area (Å²) in [4.78, 5) is 15.5. The molecule has 0 radical (unpaired) electrons. The minimum atomic E-state index is -1.64. The van der Waals surface area contributed by atoms with Gasteiger partial charge in [0.25, 0.3) is 5.91 Å². The third-order valence-corrected chi connectivity index (χ3v) is 5.39. The fourth-order valence-electron chi connectivity index (χ4n) is 3.20. The molecule has 30 heavy (non-hydrogen) atoms. The van der Waals surface area contributed by atoms with Gasteiger partial charge in [0, 0.05) is 31.7 Å². The molecule has 0 N–H and O–H groups in total. The predicted octanol–water partition coefficient (Wildman–Crippen LogP) is 5.04. The normalized spacial score (nSPS) is 15.3. The third kappa shape index (κ3) is 4.33. The number of piperazine rings is 1. The highest BCUT2D eigenvalue weighted by Gasteiger charge is 2.31. The molecule has 0 bridgehead atoms. The number of amides is 1. The summed E-state index contributed by atoms with van der Waals surface area (Å²) in [7, 11) is 0. The summed E-state index contributed by atoms with van der Waals surface area (Å²) in [6.07, 6.45) is 0.822. The summed E-state index contributed by atoms with van der Waals surface area (Å²) in [5.74, 6) is -6.06. The van der Waals surface area contributed by atoms with Gasteiger partial charge >= 0.3 is 0 Å². The van der Waals surface area contributed by atoms with Crippen LogP contribution in [0.2, 0.25) is 5.02 Å². The fraction of sp³-hybridized carbons (Fsp3) is 0.381. The number of hydrogen-bond acceptors (Lipinski definition) is 3. The van der Waals surface area contributed by atoms with Gasteiger partial charge in [0.05, 0.1) is 6.10 Å². The van der Waals surface area contributed by atoms with Crippen molar-refractivity contribution in [1.29, 1.82) is 0 Å². The van der Waals surface area contributed by atoms with Gasteiger partial charge in [0.2, 0.25) is 0 Å². The van der Waals surface area contributed by atoms with Crippen LogP contribution >= 0.6 is 11.6 Å². The summed E-state index contributed by atoms with van der Waals surface area (Å²) < 4.78 is 61.6. The standard InChI is InChI=1S/C21H21ClF4N2O2/c1-3-12(2)30-14-6-4-5-13(11-14)21(29)28-9-7-27(8-10-28)20-18(25)16(23)15(22)17(24)19(20)26/h4-6,11-12H,3,7-10H2,1-2H3/t12-/m1/s1. The molecule has 1 aliphatic rings. The van der Waals surface area contributed by atoms with Gasteiger partial charge in [-0.1, -0.05) is 24.6 Å². The number of anilines is 1. The highest BCUT2D eigenvalue weighted by molar-refractivity contribution is 6.31. The molecular formula is C21H21ClF4N2O2. The highest BCUT2D eigenvalue weighted by Crippen LogP contribution is 2.34. The predicted molar refractivity (Wildman–Crippen MR) is 106 cm³/mol. The molecule has 9 heteroatoms. The Morgan fingerprint density at radius 3 is 2.23 bits per heavy atom. The van der Waals surface area contributed by atoms with Crippen LogP contribution in [0.3, 0.4) is 0 Å². The maximum absolute atomic E-state index is 14.2. The van der Waals surface area contributed by atoms with E-state index in [4.69, 9.17) is 16.3 Å². The molecule has 162 valence electrons. The molecule has 0 aromatic heterocycles. The Hall–Kier alpha value is -2.48. The van der Waals surface area contributed by atoms with Crippen LogP contribution in [0.15, 0.2) is 24.3 Å². The maximum atomic E-state index is 14.2. The smallest absolute Gasteiger partial charge is 0.254 e. The van der Waals surface area contributed by atoms with Crippen LogP contribution in [0.25, 0.3) is 0 Å². The summed E-state index contributed by atoms with van der Waals surface area (Å²) in [5, 5.41) is -1.22. The van der Waals surface area contributed by atoms with Crippen molar-refractivity contribution in [2.45, 2.75) is 26.4 Å². The van der Waals surface area contributed by atoms with Crippen molar-refractivity contribution in [2.75, 3.05) is 31.1 Å². The molecule has 4 nitrogen and oxygen atoms in total. The Bertz CT molecular complexity index is 920. The summed E-state index contributed by atoms with van der Waals surface area (Å²) in [6.45, 7) is 4.17. The molecule has 1 fully saturated rings. The molecule has 1 atom stereocenters. The number of nitrogens with zero attached hydrogens (tertiary/aromatic N) is 2. The van der Waals surface area contributed by atoms with E-state index in [-0.39, 0.29) is 38.2 Å². The third-order valence-electron chi connectivity index (χ3n) is 5.06. The van der Waals surface area contributed by atoms with E-state index in [1.807, 2.05) is 13.8 Å². The second-order valence-corrected chi connectivity index (χ2v) is 7.44. The van der Waals surface area contributed by atoms with Crippen molar-refractivity contribution in [3.05, 3.63) is 58.1 Å². The summed E-state index contributed by atoms with van der Waals surface area (Å²) >= 11 is 5.27. The molecular weight excluding hydrogens is 424 g/mol. The largest absolute Gasteiger partial charge is 0.491 e. The average Bonchev–Trinajstić information content (AvgIpc) is 2.76. The van der Waals surface area contributed by atoms with Crippen LogP contribution in [-0.2, 0) is 0 Å². The molecule has 0 spiro atoms. The molecule has 2 aromatic rings. The Morgan fingerprint density at radius 2 is 1.67 bits per heavy atom. The van der Waals surface area contributed by atoms with E-state index >= 15 is 0 Å². The van der Waals surface area contributed by atoms with E-state index in [1.54, 1.807) is 24.3 Å². The minimum absolute atomic E-state index is 0.00313. The molecule has 1 aliphatic heterocycles. The van der Waals surface area contributed by atoms with E-state index in [0.29, 0.717) is 11.3 Å². The zero-order valence-corrected chi connectivity index (χ0v) is 17.3. The molecule has 2 aromatic carbocycles. The van der Waals surface area contributed by atoms with Crippen LogP contribution in [0, 0.1) is 23.3 Å². The number of carbonyl (C=O) groups excluding carboxylic acids is 1. The van der Waals surface area contributed by atoms with Crippen molar-refractivity contribution < 1.29 is 27.1 Å². The first-order valence-corrected chi connectivity index (χ1v) is 9.94. The first kappa shape index (κ1) is 22.2. The number of rotatable bonds is 5. The van der Waals surface area contributed by atoms with Crippen molar-refractivity contribution in [1.82, 2.24) is 4.90 Å². The quantitative estimate of drug-likeness (QED) is 0.368. The van der Waals surface area contributed by atoms with Crippen LogP contribution in [0.5, 0.6) is 5.75 Å². The summed E-state index contributed by atoms with van der Waals surface area (Å²) in [5.41, 5.74) is -0.393. The molecule has 1 saturated heterocycles. The second-order valence-electron chi connectivity index (χ2n) is 7.06. The van der Waals surface area contributed by atoms with Crippen molar-refractivity contribution in [3.8, 4) is 5.75 Å². The van der Waals surface area contributed by atoms with E-state index in [2.05, 4.69) is 0 Å². The Morgan fingerprint density at radius 1 is 1.07 bits per heavy atom. The van der Waals surface area contributed by atoms with Gasteiger partial charge < -0.3 is 14.5 Å². The molecule has 0 unspecified atom stereocenters. The van der Waals surface area contributed by atoms with Crippen LogP contribution in [-0.4, -0.2) is 43.1 Å². The average molecular weight is 445 g/mol. The second kappa shape index (κ2) is 9.12. The van der Waals surface area contributed by atoms with Crippen molar-refractivity contribution in [2.24, 2.45) is 0 Å². The Labute approximate surface area is 177 Å². The first-order valence-electron chi connectivity index (χ1n) is 9.57. The van der Waals surface area contributed by atoms with Gasteiger partial charge in [-0.05, 0) is 31.5 Å². The molecule has 0 saturated carbocycles. The van der Waals surface area contributed by atoms with Gasteiger partial charge in [-0.3, -0.25) is 4.79 Å². The Kier molecular flexibility index (Phi) is 6.75. The molecule has 0 aliphatic carbocycles. The number of halogens is 5. The number of benzene rings is 2. The fourth-order valence-corrected chi connectivity index (χ4v) is 3.37. The number of hydrogen-bond donors (Lipinski definition) is 0. The first-order chi connectivity index (χ1) is 14.2. The lowest BCUT2D eigenvalue weighted by Crippen LogP contribution is -2.49. The van der Waals surface area contributed by atoms with Crippen molar-refractivity contribution in [3.63, 3.8) is 0 Å². The summed E-state index contributed by atoms with van der Waals surface area (Å²) in [6, 6.07) is 6.77. The molecule has 1 amide bonds. The van der Waals surface area contributed by atoms with E-state index in [1.165, 1.54) is 9.80 Å². The molecule has 1 heterocycles. The lowest BCUT2D eigenvalue weighted by molar-refractivity contribution is 0.0745. The van der Waals surface area contributed by atoms with E-state index in [9.17, 15) is 22.4 Å². The van der Waals surface area contributed by atoms with E-state index < -0.39 is 34.0 Å². The van der Waals surface area contributed by atoms with Gasteiger partial charge in [-0.15, -0.1) is 0 Å². The van der Waals surface area contributed by atoms with Crippen LogP contribution in [0.1, 0.15) is 30.6 Å². The SMILES string of the molecule is CC[C@@H](C)Oc1cccc(C(=O)N2CCN(c3c(F)c(F)c(Cl)c(F)c3F)CC2)c1. The lowest BCUT2D eigenvalue weighted by Gasteiger charge is -2.36. The lowest BCUT2D eigenvalue weighted by atomic mass is 10.1. The van der Waals surface area contributed by atoms with Gasteiger partial charge in [-0.2, -0.15) is 0 Å². The number of ether oxygens (including phenoxy) is 1. The van der Waals surface area contributed by atoms with Crippen LogP contribution < -0.4 is 9.64 Å². The number of carbonyl (C=O) groups is 1. The zero-order valence-electron chi connectivity index (χ0n) is 16.5. The van der Waals surface area contributed by atoms with Gasteiger partial charge in [-0.25, -0.2) is 17.6 Å². The van der Waals surface area contributed by atoms with Gasteiger partial charge in [0.1, 0.15) is 16.5 Å². The van der Waals surface area contributed by atoms with Gasteiger partial charge in [0.15, 0.2) is 23.3 Å². The maximum Gasteiger partial charge on any atom is 0.254 e. The highest BCUT2D eigenvalue weighted by atomic mass is 35.5. The van der Waals surface area contributed by atoms with Crippen LogP contribution in [0.4, 0.5) is 23.2 Å². The minimum Gasteiger partial charge on any atom is -0.491 e. The zero-order chi connectivity index (χ0) is 22.0. The van der Waals surface area contributed by atoms with E-state index in [0.717, 1.165) is 6.42 Å². The topological polar surface area (TPSA) is 32.8 Å². The Balaban J connectivity index is 1.72. The molecule has 3 rings (SSSR count).